The zero-order valence-corrected chi connectivity index (χ0v) is 9.34. The molecular weight excluding hydrogens is 200 g/mol. The molecule has 0 bridgehead atoms. The molecule has 0 aromatic heterocycles. The first-order chi connectivity index (χ1) is 6.68. The van der Waals surface area contributed by atoms with Crippen molar-refractivity contribution in [1.29, 1.82) is 0 Å². The maximum Gasteiger partial charge on any atom is 0.211 e. The molecule has 0 saturated carbocycles. The SMILES string of the molecule is CC1=C(C(C)O)S[C@H]2CCCO[C@H]2O1. The summed E-state index contributed by atoms with van der Waals surface area (Å²) in [5.74, 6) is 0.813. The summed E-state index contributed by atoms with van der Waals surface area (Å²) < 4.78 is 11.2. The fraction of sp³-hybridized carbons (Fsp3) is 0.800. The van der Waals surface area contributed by atoms with E-state index in [1.807, 2.05) is 6.92 Å². The van der Waals surface area contributed by atoms with Gasteiger partial charge in [-0.15, -0.1) is 11.8 Å². The topological polar surface area (TPSA) is 38.7 Å². The van der Waals surface area contributed by atoms with Crippen LogP contribution in [0.4, 0.5) is 0 Å². The zero-order chi connectivity index (χ0) is 10.1. The fourth-order valence-corrected chi connectivity index (χ4v) is 3.09. The van der Waals surface area contributed by atoms with Crippen molar-refractivity contribution in [3.63, 3.8) is 0 Å². The van der Waals surface area contributed by atoms with Gasteiger partial charge in [-0.05, 0) is 26.7 Å². The molecule has 2 rings (SSSR count). The van der Waals surface area contributed by atoms with Crippen molar-refractivity contribution in [2.45, 2.75) is 44.3 Å². The van der Waals surface area contributed by atoms with Gasteiger partial charge in [0.15, 0.2) is 0 Å². The third kappa shape index (κ3) is 1.92. The Morgan fingerprint density at radius 3 is 3.07 bits per heavy atom. The average molecular weight is 216 g/mol. The van der Waals surface area contributed by atoms with Crippen molar-refractivity contribution >= 4 is 11.8 Å². The van der Waals surface area contributed by atoms with E-state index in [-0.39, 0.29) is 6.29 Å². The van der Waals surface area contributed by atoms with Crippen LogP contribution in [0, 0.1) is 0 Å². The van der Waals surface area contributed by atoms with E-state index >= 15 is 0 Å². The van der Waals surface area contributed by atoms with Gasteiger partial charge in [0.2, 0.25) is 6.29 Å². The van der Waals surface area contributed by atoms with E-state index in [4.69, 9.17) is 9.47 Å². The van der Waals surface area contributed by atoms with Gasteiger partial charge in [-0.2, -0.15) is 0 Å². The highest BCUT2D eigenvalue weighted by Gasteiger charge is 2.34. The quantitative estimate of drug-likeness (QED) is 0.726. The Labute approximate surface area is 88.5 Å². The molecule has 2 aliphatic rings. The molecule has 4 heteroatoms. The van der Waals surface area contributed by atoms with Gasteiger partial charge in [0, 0.05) is 0 Å². The summed E-state index contributed by atoms with van der Waals surface area (Å²) in [5.41, 5.74) is 0. The number of hydrogen-bond donors (Lipinski definition) is 1. The minimum Gasteiger partial charge on any atom is -0.467 e. The second kappa shape index (κ2) is 4.13. The van der Waals surface area contributed by atoms with Crippen LogP contribution in [0.5, 0.6) is 0 Å². The lowest BCUT2D eigenvalue weighted by Gasteiger charge is -2.37. The molecule has 3 nitrogen and oxygen atoms in total. The van der Waals surface area contributed by atoms with Crippen LogP contribution in [0.1, 0.15) is 26.7 Å². The van der Waals surface area contributed by atoms with Crippen molar-refractivity contribution in [1.82, 2.24) is 0 Å². The summed E-state index contributed by atoms with van der Waals surface area (Å²) >= 11 is 1.71. The summed E-state index contributed by atoms with van der Waals surface area (Å²) in [7, 11) is 0. The van der Waals surface area contributed by atoms with Crippen LogP contribution in [0.25, 0.3) is 0 Å². The van der Waals surface area contributed by atoms with E-state index in [1.54, 1.807) is 18.7 Å². The van der Waals surface area contributed by atoms with Gasteiger partial charge in [-0.3, -0.25) is 0 Å². The van der Waals surface area contributed by atoms with Gasteiger partial charge >= 0.3 is 0 Å². The van der Waals surface area contributed by atoms with Gasteiger partial charge in [-0.25, -0.2) is 0 Å². The molecule has 14 heavy (non-hydrogen) atoms. The zero-order valence-electron chi connectivity index (χ0n) is 8.53. The number of rotatable bonds is 1. The largest absolute Gasteiger partial charge is 0.467 e. The molecule has 0 radical (unpaired) electrons. The summed E-state index contributed by atoms with van der Waals surface area (Å²) in [4.78, 5) is 0.955. The number of thioether (sulfide) groups is 1. The van der Waals surface area contributed by atoms with Crippen LogP contribution >= 0.6 is 11.8 Å². The van der Waals surface area contributed by atoms with Crippen molar-refractivity contribution in [2.24, 2.45) is 0 Å². The van der Waals surface area contributed by atoms with Crippen molar-refractivity contribution < 1.29 is 14.6 Å². The fourth-order valence-electron chi connectivity index (χ4n) is 1.82. The molecule has 2 heterocycles. The lowest BCUT2D eigenvalue weighted by atomic mass is 10.2. The minimum absolute atomic E-state index is 0.101. The number of hydrogen-bond acceptors (Lipinski definition) is 4. The van der Waals surface area contributed by atoms with Gasteiger partial charge < -0.3 is 14.6 Å². The molecule has 0 aromatic carbocycles. The van der Waals surface area contributed by atoms with Crippen LogP contribution in [0.15, 0.2) is 10.7 Å². The van der Waals surface area contributed by atoms with E-state index < -0.39 is 6.10 Å². The molecule has 0 aromatic rings. The number of fused-ring (bicyclic) bond motifs is 1. The van der Waals surface area contributed by atoms with E-state index in [9.17, 15) is 5.11 Å². The third-order valence-electron chi connectivity index (χ3n) is 2.52. The van der Waals surface area contributed by atoms with Gasteiger partial charge in [-0.1, -0.05) is 0 Å². The number of allylic oxidation sites excluding steroid dienone is 1. The summed E-state index contributed by atoms with van der Waals surface area (Å²) in [5, 5.41) is 9.90. The smallest absolute Gasteiger partial charge is 0.211 e. The van der Waals surface area contributed by atoms with E-state index in [0.717, 1.165) is 30.1 Å². The van der Waals surface area contributed by atoms with Gasteiger partial charge in [0.25, 0.3) is 0 Å². The van der Waals surface area contributed by atoms with Crippen LogP contribution in [-0.2, 0) is 9.47 Å². The molecule has 0 spiro atoms. The summed E-state index contributed by atoms with van der Waals surface area (Å²) in [6, 6.07) is 0. The van der Waals surface area contributed by atoms with Gasteiger partial charge in [0.05, 0.1) is 22.9 Å². The predicted molar refractivity (Wildman–Crippen MR) is 55.8 cm³/mol. The monoisotopic (exact) mass is 216 g/mol. The molecule has 3 atom stereocenters. The van der Waals surface area contributed by atoms with Crippen LogP contribution in [0.3, 0.4) is 0 Å². The normalized spacial score (nSPS) is 34.8. The first-order valence-electron chi connectivity index (χ1n) is 5.02. The minimum atomic E-state index is -0.428. The Hall–Kier alpha value is -0.190. The molecule has 2 aliphatic heterocycles. The summed E-state index contributed by atoms with van der Waals surface area (Å²) in [6.45, 7) is 4.46. The Morgan fingerprint density at radius 1 is 1.57 bits per heavy atom. The average Bonchev–Trinajstić information content (AvgIpc) is 2.16. The standard InChI is InChI=1S/C10H16O3S/c1-6(11)9-7(2)13-10-8(14-9)4-3-5-12-10/h6,8,10-11H,3-5H2,1-2H3/t6?,8-,10-/m0/s1. The van der Waals surface area contributed by atoms with Crippen molar-refractivity contribution in [3.8, 4) is 0 Å². The predicted octanol–water partition coefficient (Wildman–Crippen LogP) is 1.87. The van der Waals surface area contributed by atoms with Crippen LogP contribution < -0.4 is 0 Å². The number of aliphatic hydroxyl groups is 1. The second-order valence-corrected chi connectivity index (χ2v) is 5.03. The lowest BCUT2D eigenvalue weighted by molar-refractivity contribution is -0.136. The van der Waals surface area contributed by atoms with Crippen LogP contribution in [0.2, 0.25) is 0 Å². The molecule has 0 aliphatic carbocycles. The molecule has 1 unspecified atom stereocenters. The Morgan fingerprint density at radius 2 is 2.36 bits per heavy atom. The van der Waals surface area contributed by atoms with Crippen molar-refractivity contribution in [2.75, 3.05) is 6.61 Å². The summed E-state index contributed by atoms with van der Waals surface area (Å²) in [6.07, 6.45) is 1.67. The number of ether oxygens (including phenoxy) is 2. The first kappa shape index (κ1) is 10.3. The third-order valence-corrected chi connectivity index (χ3v) is 4.16. The molecule has 80 valence electrons. The number of aliphatic hydroxyl groups excluding tert-OH is 1. The maximum absolute atomic E-state index is 9.54. The van der Waals surface area contributed by atoms with Crippen LogP contribution in [-0.4, -0.2) is 29.4 Å². The second-order valence-electron chi connectivity index (χ2n) is 3.75. The highest BCUT2D eigenvalue weighted by Crippen LogP contribution is 2.40. The lowest BCUT2D eigenvalue weighted by Crippen LogP contribution is -2.37. The first-order valence-corrected chi connectivity index (χ1v) is 5.90. The molecule has 1 fully saturated rings. The van der Waals surface area contributed by atoms with E-state index in [0.29, 0.717) is 5.25 Å². The Kier molecular flexibility index (Phi) is 3.04. The van der Waals surface area contributed by atoms with E-state index in [2.05, 4.69) is 0 Å². The molecule has 1 saturated heterocycles. The Balaban J connectivity index is 2.13. The van der Waals surface area contributed by atoms with E-state index in [1.165, 1.54) is 0 Å². The highest BCUT2D eigenvalue weighted by molar-refractivity contribution is 8.03. The van der Waals surface area contributed by atoms with Gasteiger partial charge in [0.1, 0.15) is 5.76 Å². The highest BCUT2D eigenvalue weighted by atomic mass is 32.2. The molecule has 1 N–H and O–H groups in total. The molecule has 0 amide bonds. The Bertz CT molecular complexity index is 250. The molecular formula is C10H16O3S. The maximum atomic E-state index is 9.54. The van der Waals surface area contributed by atoms with Crippen molar-refractivity contribution in [3.05, 3.63) is 10.7 Å².